The molecule has 0 radical (unpaired) electrons. The Morgan fingerprint density at radius 2 is 1.10 bits per heavy atom. The quantitative estimate of drug-likeness (QED) is 0.189. The van der Waals surface area contributed by atoms with Gasteiger partial charge in [-0.2, -0.15) is 0 Å². The molecule has 4 aromatic rings. The van der Waals surface area contributed by atoms with Gasteiger partial charge in [0.1, 0.15) is 0 Å². The Hall–Kier alpha value is -3.87. The minimum atomic E-state index is -5.28. The van der Waals surface area contributed by atoms with Crippen LogP contribution >= 0.6 is 0 Å². The molecule has 0 aromatic heterocycles. The van der Waals surface area contributed by atoms with E-state index in [1.165, 1.54) is 78.9 Å². The Kier molecular flexibility index (Phi) is 7.96. The third-order valence-corrected chi connectivity index (χ3v) is 15.1. The van der Waals surface area contributed by atoms with Crippen LogP contribution in [0.5, 0.6) is 0 Å². The summed E-state index contributed by atoms with van der Waals surface area (Å²) in [4.78, 5) is 10.2. The summed E-state index contributed by atoms with van der Waals surface area (Å²) in [7, 11) is -14.9. The van der Waals surface area contributed by atoms with E-state index in [0.717, 1.165) is 23.8 Å². The SMILES string of the molecule is Cc1ccc(C(c2cccc([N+](=O)[O-])c2)(S(=O)(=O)CS(=O)(=O)c2ccc(C)cc2)S(=O)(=O)c2ccc(C)cc2)cc1. The van der Waals surface area contributed by atoms with Crippen molar-refractivity contribution in [2.24, 2.45) is 0 Å². The van der Waals surface area contributed by atoms with E-state index in [2.05, 4.69) is 0 Å². The average Bonchev–Trinajstić information content (AvgIpc) is 2.90. The van der Waals surface area contributed by atoms with Crippen LogP contribution in [0.25, 0.3) is 0 Å². The van der Waals surface area contributed by atoms with Crippen molar-refractivity contribution in [2.45, 2.75) is 34.6 Å². The number of non-ortho nitro benzene ring substituents is 1. The van der Waals surface area contributed by atoms with Gasteiger partial charge in [-0.1, -0.05) is 77.4 Å². The molecule has 214 valence electrons. The summed E-state index contributed by atoms with van der Waals surface area (Å²) < 4.78 is 82.7. The highest BCUT2D eigenvalue weighted by Gasteiger charge is 2.59. The van der Waals surface area contributed by atoms with Crippen LogP contribution in [0.4, 0.5) is 5.69 Å². The lowest BCUT2D eigenvalue weighted by Crippen LogP contribution is -2.47. The van der Waals surface area contributed by atoms with Gasteiger partial charge in [0.25, 0.3) is 5.69 Å². The highest BCUT2D eigenvalue weighted by molar-refractivity contribution is 8.16. The van der Waals surface area contributed by atoms with Crippen molar-refractivity contribution < 1.29 is 30.2 Å². The van der Waals surface area contributed by atoms with Crippen LogP contribution in [0.15, 0.2) is 107 Å². The van der Waals surface area contributed by atoms with E-state index in [-0.39, 0.29) is 10.5 Å². The number of hydrogen-bond acceptors (Lipinski definition) is 8. The van der Waals surface area contributed by atoms with E-state index in [1.807, 2.05) is 0 Å². The third-order valence-electron chi connectivity index (χ3n) is 6.71. The van der Waals surface area contributed by atoms with Crippen molar-refractivity contribution in [1.82, 2.24) is 0 Å². The maximum absolute atomic E-state index is 14.7. The zero-order valence-electron chi connectivity index (χ0n) is 22.4. The molecule has 0 saturated heterocycles. The standard InChI is InChI=1S/C29H27NO8S3/c1-21-7-13-24(14-8-21)29(25-5-4-6-26(19-25)30(31)32,41(37,38)28-17-11-23(3)12-18-28)40(35,36)20-39(33,34)27-15-9-22(2)10-16-27/h4-19H,20H2,1-3H3. The van der Waals surface area contributed by atoms with Gasteiger partial charge in [0, 0.05) is 17.7 Å². The zero-order chi connectivity index (χ0) is 30.2. The van der Waals surface area contributed by atoms with E-state index >= 15 is 0 Å². The van der Waals surface area contributed by atoms with Crippen molar-refractivity contribution in [3.63, 3.8) is 0 Å². The lowest BCUT2D eigenvalue weighted by Gasteiger charge is -2.34. The van der Waals surface area contributed by atoms with Gasteiger partial charge in [0.05, 0.1) is 14.7 Å². The predicted octanol–water partition coefficient (Wildman–Crippen LogP) is 5.04. The van der Waals surface area contributed by atoms with Crippen LogP contribution in [0.3, 0.4) is 0 Å². The fourth-order valence-corrected chi connectivity index (χ4v) is 12.7. The molecule has 4 rings (SSSR count). The van der Waals surface area contributed by atoms with E-state index in [9.17, 15) is 35.4 Å². The molecule has 41 heavy (non-hydrogen) atoms. The average molecular weight is 614 g/mol. The smallest absolute Gasteiger partial charge is 0.258 e. The number of hydrogen-bond donors (Lipinski definition) is 0. The molecule has 0 fully saturated rings. The minimum absolute atomic E-state index is 0.275. The van der Waals surface area contributed by atoms with Gasteiger partial charge in [-0.15, -0.1) is 0 Å². The maximum atomic E-state index is 14.7. The molecule has 4 aromatic carbocycles. The number of benzene rings is 4. The molecule has 0 saturated carbocycles. The molecule has 0 N–H and O–H groups in total. The highest BCUT2D eigenvalue weighted by Crippen LogP contribution is 2.48. The summed E-state index contributed by atoms with van der Waals surface area (Å²) in [5, 5.41) is 10.1. The van der Waals surface area contributed by atoms with Gasteiger partial charge >= 0.3 is 0 Å². The largest absolute Gasteiger partial charge is 0.269 e. The van der Waals surface area contributed by atoms with Crippen LogP contribution in [-0.2, 0) is 33.6 Å². The lowest BCUT2D eigenvalue weighted by atomic mass is 10.0. The Labute approximate surface area is 239 Å². The van der Waals surface area contributed by atoms with Crippen LogP contribution in [0, 0.1) is 30.9 Å². The Morgan fingerprint density at radius 3 is 1.59 bits per heavy atom. The first-order valence-corrected chi connectivity index (χ1v) is 17.1. The van der Waals surface area contributed by atoms with Gasteiger partial charge in [0.2, 0.25) is 13.9 Å². The fourth-order valence-electron chi connectivity index (χ4n) is 4.58. The first-order chi connectivity index (χ1) is 19.1. The molecule has 0 aliphatic carbocycles. The predicted molar refractivity (Wildman–Crippen MR) is 156 cm³/mol. The summed E-state index contributed by atoms with van der Waals surface area (Å²) in [6.45, 7) is 5.16. The number of nitro groups is 1. The van der Waals surface area contributed by atoms with Gasteiger partial charge < -0.3 is 0 Å². The van der Waals surface area contributed by atoms with Crippen LogP contribution in [0.1, 0.15) is 27.8 Å². The van der Waals surface area contributed by atoms with Crippen molar-refractivity contribution in [3.8, 4) is 0 Å². The highest BCUT2D eigenvalue weighted by atomic mass is 32.3. The third kappa shape index (κ3) is 5.42. The molecule has 12 heteroatoms. The number of nitrogens with zero attached hydrogens (tertiary/aromatic N) is 1. The number of nitro benzene ring substituents is 1. The first kappa shape index (κ1) is 30.1. The normalized spacial score (nSPS) is 13.8. The van der Waals surface area contributed by atoms with E-state index in [0.29, 0.717) is 11.1 Å². The van der Waals surface area contributed by atoms with E-state index in [4.69, 9.17) is 0 Å². The summed E-state index contributed by atoms with van der Waals surface area (Å²) in [5.74, 6) is 0. The molecule has 0 bridgehead atoms. The van der Waals surface area contributed by atoms with Crippen LogP contribution < -0.4 is 0 Å². The minimum Gasteiger partial charge on any atom is -0.258 e. The number of rotatable bonds is 9. The molecule has 0 aliphatic rings. The van der Waals surface area contributed by atoms with Gasteiger partial charge in [-0.05, 0) is 50.6 Å². The molecule has 9 nitrogen and oxygen atoms in total. The summed E-state index contributed by atoms with van der Waals surface area (Å²) in [5.41, 5.74) is 0.802. The maximum Gasteiger partial charge on any atom is 0.269 e. The van der Waals surface area contributed by atoms with Gasteiger partial charge in [-0.25, -0.2) is 25.3 Å². The van der Waals surface area contributed by atoms with Crippen LogP contribution in [-0.4, -0.2) is 35.3 Å². The van der Waals surface area contributed by atoms with Crippen molar-refractivity contribution in [3.05, 3.63) is 135 Å². The molecular weight excluding hydrogens is 587 g/mol. The summed E-state index contributed by atoms with van der Waals surface area (Å²) >= 11 is 0. The van der Waals surface area contributed by atoms with Gasteiger partial charge in [0.15, 0.2) is 24.8 Å². The summed E-state index contributed by atoms with van der Waals surface area (Å²) in [6, 6.07) is 20.8. The van der Waals surface area contributed by atoms with Crippen molar-refractivity contribution >= 4 is 35.2 Å². The molecule has 0 aliphatic heterocycles. The molecular formula is C29H27NO8S3. The Balaban J connectivity index is 2.16. The fraction of sp³-hybridized carbons (Fsp3) is 0.172. The second kappa shape index (κ2) is 10.8. The topological polar surface area (TPSA) is 146 Å². The monoisotopic (exact) mass is 613 g/mol. The molecule has 1 unspecified atom stereocenters. The molecule has 0 amide bonds. The molecule has 1 atom stereocenters. The van der Waals surface area contributed by atoms with E-state index < -0.39 is 59.7 Å². The summed E-state index contributed by atoms with van der Waals surface area (Å²) in [6.07, 6.45) is 0. The molecule has 0 heterocycles. The Morgan fingerprint density at radius 1 is 0.634 bits per heavy atom. The lowest BCUT2D eigenvalue weighted by molar-refractivity contribution is -0.384. The van der Waals surface area contributed by atoms with E-state index in [1.54, 1.807) is 20.8 Å². The number of sulfone groups is 3. The van der Waals surface area contributed by atoms with Crippen LogP contribution in [0.2, 0.25) is 0 Å². The zero-order valence-corrected chi connectivity index (χ0v) is 24.8. The van der Waals surface area contributed by atoms with Crippen molar-refractivity contribution in [2.75, 3.05) is 5.08 Å². The van der Waals surface area contributed by atoms with Crippen molar-refractivity contribution in [1.29, 1.82) is 0 Å². The first-order valence-electron chi connectivity index (χ1n) is 12.3. The number of aryl methyl sites for hydroxylation is 3. The second-order valence-corrected chi connectivity index (χ2v) is 16.6. The molecule has 0 spiro atoms. The Bertz CT molecular complexity index is 1930. The van der Waals surface area contributed by atoms with Gasteiger partial charge in [-0.3, -0.25) is 10.1 Å². The second-order valence-electron chi connectivity index (χ2n) is 9.77.